The van der Waals surface area contributed by atoms with E-state index < -0.39 is 20.9 Å². The van der Waals surface area contributed by atoms with Crippen LogP contribution < -0.4 is 5.32 Å². The fourth-order valence-corrected chi connectivity index (χ4v) is 3.83. The van der Waals surface area contributed by atoms with E-state index in [2.05, 4.69) is 15.5 Å². The van der Waals surface area contributed by atoms with E-state index in [-0.39, 0.29) is 27.6 Å². The summed E-state index contributed by atoms with van der Waals surface area (Å²) in [6.07, 6.45) is 1.36. The predicted molar refractivity (Wildman–Crippen MR) is 102 cm³/mol. The van der Waals surface area contributed by atoms with E-state index >= 15 is 0 Å². The zero-order chi connectivity index (χ0) is 20.1. The molecule has 1 aromatic carbocycles. The van der Waals surface area contributed by atoms with Crippen LogP contribution in [0.25, 0.3) is 0 Å². The van der Waals surface area contributed by atoms with Crippen molar-refractivity contribution in [3.63, 3.8) is 0 Å². The van der Waals surface area contributed by atoms with Gasteiger partial charge in [-0.3, -0.25) is 10.1 Å². The molecule has 1 saturated heterocycles. The van der Waals surface area contributed by atoms with E-state index in [1.165, 1.54) is 24.3 Å². The number of nitrogens with one attached hydrogen (secondary N) is 1. The molecular weight excluding hydrogens is 409 g/mol. The Morgan fingerprint density at radius 3 is 2.75 bits per heavy atom. The molecule has 1 fully saturated rings. The van der Waals surface area contributed by atoms with E-state index in [0.717, 1.165) is 6.20 Å². The number of aromatic nitrogens is 1. The maximum absolute atomic E-state index is 13.1. The summed E-state index contributed by atoms with van der Waals surface area (Å²) >= 11 is 0.676. The molecule has 28 heavy (non-hydrogen) atoms. The first-order valence-corrected chi connectivity index (χ1v) is 10.9. The van der Waals surface area contributed by atoms with Crippen LogP contribution in [0.5, 0.6) is 0 Å². The SMILES string of the molecule is CCS(=O)(=O)c1ccc(/C(=N\O[C@@H]2CCOC2)C(=O)Nc2ncc(F)s2)cc1. The number of halogens is 1. The topological polar surface area (TPSA) is 107 Å². The van der Waals surface area contributed by atoms with Crippen LogP contribution in [0.2, 0.25) is 0 Å². The molecule has 1 amide bonds. The summed E-state index contributed by atoms with van der Waals surface area (Å²) < 4.78 is 42.3. The van der Waals surface area contributed by atoms with Crippen LogP contribution in [-0.2, 0) is 24.2 Å². The highest BCUT2D eigenvalue weighted by atomic mass is 32.2. The van der Waals surface area contributed by atoms with Crippen molar-refractivity contribution in [1.82, 2.24) is 4.98 Å². The Kier molecular flexibility index (Phi) is 6.37. The molecule has 0 unspecified atom stereocenters. The number of anilines is 1. The number of thiazole rings is 1. The van der Waals surface area contributed by atoms with Crippen molar-refractivity contribution in [2.75, 3.05) is 24.3 Å². The number of benzene rings is 1. The van der Waals surface area contributed by atoms with Crippen molar-refractivity contribution < 1.29 is 27.2 Å². The highest BCUT2D eigenvalue weighted by Gasteiger charge is 2.22. The lowest BCUT2D eigenvalue weighted by Crippen LogP contribution is -2.25. The molecule has 1 atom stereocenters. The van der Waals surface area contributed by atoms with Gasteiger partial charge in [-0.15, -0.1) is 0 Å². The second-order valence-corrected chi connectivity index (χ2v) is 9.14. The maximum atomic E-state index is 13.1. The third-order valence-corrected chi connectivity index (χ3v) is 6.41. The van der Waals surface area contributed by atoms with Crippen LogP contribution in [0.15, 0.2) is 40.5 Å². The number of hydrogen-bond acceptors (Lipinski definition) is 8. The highest BCUT2D eigenvalue weighted by Crippen LogP contribution is 2.18. The van der Waals surface area contributed by atoms with Gasteiger partial charge in [0.15, 0.2) is 31.9 Å². The molecule has 2 aromatic rings. The number of sulfone groups is 1. The molecule has 0 bridgehead atoms. The lowest BCUT2D eigenvalue weighted by Gasteiger charge is -2.10. The number of ether oxygens (including phenoxy) is 1. The van der Waals surface area contributed by atoms with E-state index in [1.807, 2.05) is 0 Å². The van der Waals surface area contributed by atoms with Crippen molar-refractivity contribution in [2.24, 2.45) is 5.16 Å². The van der Waals surface area contributed by atoms with Crippen LogP contribution in [0.1, 0.15) is 18.9 Å². The Bertz CT molecular complexity index is 967. The van der Waals surface area contributed by atoms with Crippen LogP contribution in [-0.4, -0.2) is 50.1 Å². The van der Waals surface area contributed by atoms with Gasteiger partial charge >= 0.3 is 0 Å². The molecule has 0 aliphatic carbocycles. The van der Waals surface area contributed by atoms with Crippen molar-refractivity contribution in [3.8, 4) is 0 Å². The van der Waals surface area contributed by atoms with Gasteiger partial charge < -0.3 is 9.57 Å². The van der Waals surface area contributed by atoms with Gasteiger partial charge in [-0.2, -0.15) is 4.39 Å². The lowest BCUT2D eigenvalue weighted by molar-refractivity contribution is -0.110. The lowest BCUT2D eigenvalue weighted by atomic mass is 10.1. The largest absolute Gasteiger partial charge is 0.389 e. The molecule has 8 nitrogen and oxygen atoms in total. The third kappa shape index (κ3) is 4.91. The fraction of sp³-hybridized carbons (Fsp3) is 0.353. The number of rotatable bonds is 7. The average molecular weight is 427 g/mol. The van der Waals surface area contributed by atoms with E-state index in [1.54, 1.807) is 6.92 Å². The number of carbonyl (C=O) groups excluding carboxylic acids is 1. The molecule has 0 radical (unpaired) electrons. The Labute approximate surface area is 165 Å². The minimum absolute atomic E-state index is 0.0335. The van der Waals surface area contributed by atoms with Crippen molar-refractivity contribution in [3.05, 3.63) is 41.2 Å². The van der Waals surface area contributed by atoms with E-state index in [4.69, 9.17) is 9.57 Å². The van der Waals surface area contributed by atoms with Gasteiger partial charge in [0.05, 0.1) is 30.1 Å². The molecule has 150 valence electrons. The van der Waals surface area contributed by atoms with Gasteiger partial charge in [0.25, 0.3) is 5.91 Å². The standard InChI is InChI=1S/C17H18FN3O5S2/c1-2-28(23,24)13-5-3-11(4-6-13)15(21-26-12-7-8-25-10-12)16(22)20-17-19-9-14(18)27-17/h3-6,9,12H,2,7-8,10H2,1H3,(H,19,20,22)/b21-15+/t12-/m1/s1. The first kappa shape index (κ1) is 20.4. The Morgan fingerprint density at radius 1 is 1.43 bits per heavy atom. The van der Waals surface area contributed by atoms with Gasteiger partial charge in [-0.05, 0) is 12.1 Å². The van der Waals surface area contributed by atoms with E-state index in [0.29, 0.717) is 36.5 Å². The quantitative estimate of drug-likeness (QED) is 0.536. The molecule has 0 spiro atoms. The molecule has 1 aliphatic heterocycles. The fourth-order valence-electron chi connectivity index (χ4n) is 2.40. The van der Waals surface area contributed by atoms with Crippen LogP contribution in [0.3, 0.4) is 0 Å². The third-order valence-electron chi connectivity index (χ3n) is 3.96. The molecule has 1 aliphatic rings. The number of hydrogen-bond donors (Lipinski definition) is 1. The zero-order valence-electron chi connectivity index (χ0n) is 14.9. The summed E-state index contributed by atoms with van der Waals surface area (Å²) in [7, 11) is -3.37. The van der Waals surface area contributed by atoms with Gasteiger partial charge in [0.2, 0.25) is 0 Å². The summed E-state index contributed by atoms with van der Waals surface area (Å²) in [5.41, 5.74) is 0.270. The number of carbonyl (C=O) groups is 1. The Hall–Kier alpha value is -2.37. The number of nitrogens with zero attached hydrogens (tertiary/aromatic N) is 2. The van der Waals surface area contributed by atoms with Crippen molar-refractivity contribution >= 4 is 37.9 Å². The summed E-state index contributed by atoms with van der Waals surface area (Å²) in [5.74, 6) is -0.687. The minimum atomic E-state index is -3.37. The molecule has 1 aromatic heterocycles. The zero-order valence-corrected chi connectivity index (χ0v) is 16.6. The molecule has 1 N–H and O–H groups in total. The van der Waals surface area contributed by atoms with Crippen LogP contribution in [0.4, 0.5) is 9.52 Å². The van der Waals surface area contributed by atoms with E-state index in [9.17, 15) is 17.6 Å². The summed E-state index contributed by atoms with van der Waals surface area (Å²) in [4.78, 5) is 21.9. The van der Waals surface area contributed by atoms with Gasteiger partial charge in [-0.1, -0.05) is 35.5 Å². The molecule has 2 heterocycles. The van der Waals surface area contributed by atoms with Crippen molar-refractivity contribution in [1.29, 1.82) is 0 Å². The number of oxime groups is 1. The smallest absolute Gasteiger partial charge is 0.280 e. The second-order valence-electron chi connectivity index (χ2n) is 5.88. The first-order valence-electron chi connectivity index (χ1n) is 8.46. The summed E-state index contributed by atoms with van der Waals surface area (Å²) in [6.45, 7) is 2.46. The van der Waals surface area contributed by atoms with Gasteiger partial charge in [0, 0.05) is 12.0 Å². The first-order chi connectivity index (χ1) is 13.4. The second kappa shape index (κ2) is 8.76. The highest BCUT2D eigenvalue weighted by molar-refractivity contribution is 7.91. The van der Waals surface area contributed by atoms with Gasteiger partial charge in [-0.25, -0.2) is 13.4 Å². The Balaban J connectivity index is 1.86. The van der Waals surface area contributed by atoms with Crippen LogP contribution >= 0.6 is 11.3 Å². The summed E-state index contributed by atoms with van der Waals surface area (Å²) in [6, 6.07) is 5.74. The summed E-state index contributed by atoms with van der Waals surface area (Å²) in [5, 5.41) is 5.94. The molecule has 11 heteroatoms. The predicted octanol–water partition coefficient (Wildman–Crippen LogP) is 2.22. The number of amides is 1. The maximum Gasteiger partial charge on any atom is 0.280 e. The monoisotopic (exact) mass is 427 g/mol. The van der Waals surface area contributed by atoms with Crippen LogP contribution in [0, 0.1) is 5.13 Å². The normalized spacial score (nSPS) is 17.5. The average Bonchev–Trinajstić information content (AvgIpc) is 3.34. The minimum Gasteiger partial charge on any atom is -0.389 e. The van der Waals surface area contributed by atoms with Gasteiger partial charge in [0.1, 0.15) is 0 Å². The molecular formula is C17H18FN3O5S2. The van der Waals surface area contributed by atoms with Crippen molar-refractivity contribution in [2.45, 2.75) is 24.3 Å². The Morgan fingerprint density at radius 2 is 2.18 bits per heavy atom. The molecule has 0 saturated carbocycles. The molecule has 3 rings (SSSR count).